The molecule has 0 atom stereocenters. The van der Waals surface area contributed by atoms with E-state index in [0.717, 1.165) is 5.76 Å². The number of rotatable bonds is 6. The Morgan fingerprint density at radius 2 is 2.14 bits per heavy atom. The maximum atomic E-state index is 12.0. The number of aryl methyl sites for hydroxylation is 1. The van der Waals surface area contributed by atoms with Gasteiger partial charge >= 0.3 is 0 Å². The Kier molecular flexibility index (Phi) is 4.77. The maximum Gasteiger partial charge on any atom is 0.273 e. The zero-order chi connectivity index (χ0) is 16.1. The van der Waals surface area contributed by atoms with Crippen molar-refractivity contribution < 1.29 is 18.9 Å². The molecule has 2 rings (SSSR count). The topological polar surface area (TPSA) is 85.8 Å². The SMILES string of the molecule is Cc1ccc(CN(C)C(=O)COc2cccc([N+](=O)[O-])c2)o1. The molecular weight excluding hydrogens is 288 g/mol. The fourth-order valence-corrected chi connectivity index (χ4v) is 1.83. The predicted molar refractivity (Wildman–Crippen MR) is 78.5 cm³/mol. The Morgan fingerprint density at radius 1 is 1.36 bits per heavy atom. The van der Waals surface area contributed by atoms with Crippen LogP contribution in [0.1, 0.15) is 11.5 Å². The number of ether oxygens (including phenoxy) is 1. The van der Waals surface area contributed by atoms with Crippen molar-refractivity contribution in [3.63, 3.8) is 0 Å². The zero-order valence-electron chi connectivity index (χ0n) is 12.3. The molecule has 1 aromatic heterocycles. The number of nitrogens with zero attached hydrogens (tertiary/aromatic N) is 2. The molecule has 2 aromatic rings. The van der Waals surface area contributed by atoms with Crippen LogP contribution >= 0.6 is 0 Å². The van der Waals surface area contributed by atoms with Crippen LogP contribution in [0.2, 0.25) is 0 Å². The van der Waals surface area contributed by atoms with Crippen molar-refractivity contribution in [1.29, 1.82) is 0 Å². The van der Waals surface area contributed by atoms with E-state index in [1.165, 1.54) is 23.1 Å². The summed E-state index contributed by atoms with van der Waals surface area (Å²) in [6.45, 7) is 1.97. The highest BCUT2D eigenvalue weighted by molar-refractivity contribution is 5.77. The molecule has 0 bridgehead atoms. The van der Waals surface area contributed by atoms with E-state index < -0.39 is 4.92 Å². The lowest BCUT2D eigenvalue weighted by atomic mass is 10.3. The number of likely N-dealkylation sites (N-methyl/N-ethyl adjacent to an activating group) is 1. The van der Waals surface area contributed by atoms with E-state index in [0.29, 0.717) is 12.3 Å². The number of nitro benzene ring substituents is 1. The van der Waals surface area contributed by atoms with E-state index in [1.807, 2.05) is 13.0 Å². The predicted octanol–water partition coefficient (Wildman–Crippen LogP) is 2.53. The van der Waals surface area contributed by atoms with Gasteiger partial charge in [-0.25, -0.2) is 0 Å². The molecule has 0 aliphatic rings. The molecular formula is C15H16N2O5. The summed E-state index contributed by atoms with van der Waals surface area (Å²) in [5.41, 5.74) is -0.0793. The van der Waals surface area contributed by atoms with Gasteiger partial charge in [-0.05, 0) is 25.1 Å². The Labute approximate surface area is 127 Å². The van der Waals surface area contributed by atoms with Gasteiger partial charge in [-0.3, -0.25) is 14.9 Å². The smallest absolute Gasteiger partial charge is 0.273 e. The molecule has 116 valence electrons. The average Bonchev–Trinajstić information content (AvgIpc) is 2.90. The van der Waals surface area contributed by atoms with Gasteiger partial charge in [-0.15, -0.1) is 0 Å². The van der Waals surface area contributed by atoms with Crippen LogP contribution in [0.4, 0.5) is 5.69 Å². The molecule has 7 nitrogen and oxygen atoms in total. The van der Waals surface area contributed by atoms with Crippen LogP contribution in [0.3, 0.4) is 0 Å². The summed E-state index contributed by atoms with van der Waals surface area (Å²) in [6.07, 6.45) is 0. The minimum absolute atomic E-state index is 0.0793. The zero-order valence-corrected chi connectivity index (χ0v) is 12.3. The highest BCUT2D eigenvalue weighted by Crippen LogP contribution is 2.19. The first-order valence-corrected chi connectivity index (χ1v) is 6.62. The van der Waals surface area contributed by atoms with Gasteiger partial charge in [-0.1, -0.05) is 6.07 Å². The van der Waals surface area contributed by atoms with Crippen LogP contribution in [0.15, 0.2) is 40.8 Å². The van der Waals surface area contributed by atoms with Crippen molar-refractivity contribution >= 4 is 11.6 Å². The lowest BCUT2D eigenvalue weighted by Crippen LogP contribution is -2.30. The molecule has 0 unspecified atom stereocenters. The minimum atomic E-state index is -0.514. The molecule has 0 fully saturated rings. The average molecular weight is 304 g/mol. The van der Waals surface area contributed by atoms with Crippen LogP contribution in [0.5, 0.6) is 5.75 Å². The van der Waals surface area contributed by atoms with Gasteiger partial charge in [0.05, 0.1) is 17.5 Å². The number of amides is 1. The monoisotopic (exact) mass is 304 g/mol. The molecule has 0 aliphatic carbocycles. The summed E-state index contributed by atoms with van der Waals surface area (Å²) in [5, 5.41) is 10.7. The van der Waals surface area contributed by atoms with Crippen LogP contribution in [0, 0.1) is 17.0 Å². The molecule has 1 amide bonds. The van der Waals surface area contributed by atoms with Gasteiger partial charge in [0.2, 0.25) is 0 Å². The number of hydrogen-bond acceptors (Lipinski definition) is 5. The van der Waals surface area contributed by atoms with Crippen molar-refractivity contribution in [3.8, 4) is 5.75 Å². The third-order valence-corrected chi connectivity index (χ3v) is 3.01. The molecule has 7 heteroatoms. The summed E-state index contributed by atoms with van der Waals surface area (Å²) in [4.78, 5) is 23.6. The summed E-state index contributed by atoms with van der Waals surface area (Å²) in [5.74, 6) is 1.50. The number of hydrogen-bond donors (Lipinski definition) is 0. The van der Waals surface area contributed by atoms with Crippen molar-refractivity contribution in [1.82, 2.24) is 4.90 Å². The third kappa shape index (κ3) is 4.08. The molecule has 0 radical (unpaired) electrons. The third-order valence-electron chi connectivity index (χ3n) is 3.01. The second kappa shape index (κ2) is 6.75. The molecule has 0 saturated carbocycles. The Hall–Kier alpha value is -2.83. The van der Waals surface area contributed by atoms with Gasteiger partial charge in [0.1, 0.15) is 17.3 Å². The first kappa shape index (κ1) is 15.6. The number of carbonyl (C=O) groups excluding carboxylic acids is 1. The molecule has 0 saturated heterocycles. The fourth-order valence-electron chi connectivity index (χ4n) is 1.83. The lowest BCUT2D eigenvalue weighted by molar-refractivity contribution is -0.384. The molecule has 1 aromatic carbocycles. The summed E-state index contributed by atoms with van der Waals surface area (Å²) >= 11 is 0. The molecule has 0 N–H and O–H groups in total. The molecule has 1 heterocycles. The number of nitro groups is 1. The van der Waals surface area contributed by atoms with E-state index in [4.69, 9.17) is 9.15 Å². The fraction of sp³-hybridized carbons (Fsp3) is 0.267. The van der Waals surface area contributed by atoms with E-state index in [-0.39, 0.29) is 24.0 Å². The van der Waals surface area contributed by atoms with Crippen molar-refractivity contribution in [3.05, 3.63) is 58.0 Å². The van der Waals surface area contributed by atoms with Crippen LogP contribution < -0.4 is 4.74 Å². The van der Waals surface area contributed by atoms with Gasteiger partial charge in [0.15, 0.2) is 6.61 Å². The molecule has 0 aliphatic heterocycles. The van der Waals surface area contributed by atoms with Gasteiger partial charge in [-0.2, -0.15) is 0 Å². The highest BCUT2D eigenvalue weighted by Gasteiger charge is 2.13. The van der Waals surface area contributed by atoms with E-state index >= 15 is 0 Å². The first-order valence-electron chi connectivity index (χ1n) is 6.62. The van der Waals surface area contributed by atoms with Crippen molar-refractivity contribution in [2.24, 2.45) is 0 Å². The lowest BCUT2D eigenvalue weighted by Gasteiger charge is -2.16. The summed E-state index contributed by atoms with van der Waals surface area (Å²) < 4.78 is 10.7. The van der Waals surface area contributed by atoms with Crippen molar-refractivity contribution in [2.45, 2.75) is 13.5 Å². The first-order chi connectivity index (χ1) is 10.5. The largest absolute Gasteiger partial charge is 0.484 e. The summed E-state index contributed by atoms with van der Waals surface area (Å²) in [7, 11) is 1.64. The van der Waals surface area contributed by atoms with Gasteiger partial charge in [0, 0.05) is 13.1 Å². The normalized spacial score (nSPS) is 10.3. The van der Waals surface area contributed by atoms with Crippen molar-refractivity contribution in [2.75, 3.05) is 13.7 Å². The minimum Gasteiger partial charge on any atom is -0.484 e. The highest BCUT2D eigenvalue weighted by atomic mass is 16.6. The Morgan fingerprint density at radius 3 is 2.77 bits per heavy atom. The maximum absolute atomic E-state index is 12.0. The number of benzene rings is 1. The van der Waals surface area contributed by atoms with Gasteiger partial charge < -0.3 is 14.1 Å². The second-order valence-corrected chi connectivity index (χ2v) is 4.81. The second-order valence-electron chi connectivity index (χ2n) is 4.81. The number of non-ortho nitro benzene ring substituents is 1. The Balaban J connectivity index is 1.89. The van der Waals surface area contributed by atoms with E-state index in [2.05, 4.69) is 0 Å². The number of furan rings is 1. The molecule has 0 spiro atoms. The van der Waals surface area contributed by atoms with Gasteiger partial charge in [0.25, 0.3) is 11.6 Å². The van der Waals surface area contributed by atoms with E-state index in [1.54, 1.807) is 19.2 Å². The molecule has 22 heavy (non-hydrogen) atoms. The Bertz CT molecular complexity index is 680. The van der Waals surface area contributed by atoms with Crippen LogP contribution in [-0.2, 0) is 11.3 Å². The van der Waals surface area contributed by atoms with E-state index in [9.17, 15) is 14.9 Å². The summed E-state index contributed by atoms with van der Waals surface area (Å²) in [6, 6.07) is 9.35. The number of carbonyl (C=O) groups is 1. The van der Waals surface area contributed by atoms with Crippen LogP contribution in [0.25, 0.3) is 0 Å². The standard InChI is InChI=1S/C15H16N2O5/c1-11-6-7-14(22-11)9-16(2)15(18)10-21-13-5-3-4-12(8-13)17(19)20/h3-8H,9-10H2,1-2H3. The van der Waals surface area contributed by atoms with Crippen LogP contribution in [-0.4, -0.2) is 29.4 Å². The quantitative estimate of drug-likeness (QED) is 0.604.